The minimum Gasteiger partial charge on any atom is -0.428 e. The molecule has 0 bridgehead atoms. The molecule has 1 saturated heterocycles. The third kappa shape index (κ3) is 5.91. The molecule has 3 heterocycles. The molecule has 13 nitrogen and oxygen atoms in total. The van der Waals surface area contributed by atoms with Crippen molar-refractivity contribution in [1.29, 1.82) is 0 Å². The highest BCUT2D eigenvalue weighted by atomic mass is 32.2. The summed E-state index contributed by atoms with van der Waals surface area (Å²) < 4.78 is 15.0. The lowest BCUT2D eigenvalue weighted by molar-refractivity contribution is -0.167. The Labute approximate surface area is 209 Å². The van der Waals surface area contributed by atoms with Gasteiger partial charge in [0, 0.05) is 24.7 Å². The van der Waals surface area contributed by atoms with Crippen molar-refractivity contribution in [3.63, 3.8) is 0 Å². The smallest absolute Gasteiger partial charge is 0.358 e. The number of carbonyl (C=O) groups is 4. The average Bonchev–Trinajstić information content (AvgIpc) is 3.28. The van der Waals surface area contributed by atoms with Gasteiger partial charge in [0.05, 0.1) is 6.61 Å². The van der Waals surface area contributed by atoms with E-state index in [9.17, 15) is 19.2 Å². The maximum absolute atomic E-state index is 13.0. The maximum atomic E-state index is 13.0. The van der Waals surface area contributed by atoms with E-state index in [4.69, 9.17) is 24.8 Å². The van der Waals surface area contributed by atoms with E-state index in [0.29, 0.717) is 11.3 Å². The standard InChI is InChI=1S/C20H25N5O8S2/c1-4-12(26)31-9-32-19(29)15-10(6-30-3)7-34-18-14(17(28)25(15)18)23-16(27)13(24-33-5-2)11-8-35-20(21)22-11/h8,14,18H,4-7,9H2,1-3H3,(H2,21,22)(H,23,27)/t14?,18-/m1/s1. The number of thioether (sulfide) groups is 1. The van der Waals surface area contributed by atoms with E-state index in [1.54, 1.807) is 19.2 Å². The Kier molecular flexibility index (Phi) is 9.06. The zero-order chi connectivity index (χ0) is 25.5. The molecule has 35 heavy (non-hydrogen) atoms. The number of β-lactam (4-membered cyclic amide) rings is 1. The van der Waals surface area contributed by atoms with Gasteiger partial charge in [-0.1, -0.05) is 12.1 Å². The van der Waals surface area contributed by atoms with Gasteiger partial charge in [-0.15, -0.1) is 23.1 Å². The summed E-state index contributed by atoms with van der Waals surface area (Å²) in [6.07, 6.45) is 0.127. The number of nitrogens with two attached hydrogens (primary N) is 1. The van der Waals surface area contributed by atoms with Crippen molar-refractivity contribution in [2.24, 2.45) is 5.16 Å². The number of carbonyl (C=O) groups excluding carboxylic acids is 4. The van der Waals surface area contributed by atoms with Crippen molar-refractivity contribution < 1.29 is 38.2 Å². The van der Waals surface area contributed by atoms with Crippen LogP contribution in [0.1, 0.15) is 26.0 Å². The van der Waals surface area contributed by atoms with Gasteiger partial charge in [-0.3, -0.25) is 19.3 Å². The van der Waals surface area contributed by atoms with Crippen molar-refractivity contribution in [3.05, 3.63) is 22.3 Å². The highest BCUT2D eigenvalue weighted by molar-refractivity contribution is 8.00. The molecule has 15 heteroatoms. The highest BCUT2D eigenvalue weighted by Crippen LogP contribution is 2.40. The molecule has 2 amide bonds. The molecule has 1 fully saturated rings. The summed E-state index contributed by atoms with van der Waals surface area (Å²) in [4.78, 5) is 60.4. The first-order valence-corrected chi connectivity index (χ1v) is 12.5. The number of thiazole rings is 1. The number of anilines is 1. The number of nitrogen functional groups attached to an aromatic ring is 1. The number of hydrogen-bond donors (Lipinski definition) is 2. The molecule has 0 aliphatic carbocycles. The largest absolute Gasteiger partial charge is 0.428 e. The van der Waals surface area contributed by atoms with Gasteiger partial charge in [0.2, 0.25) is 6.79 Å². The first kappa shape index (κ1) is 26.4. The Balaban J connectivity index is 1.75. The number of methoxy groups -OCH3 is 1. The van der Waals surface area contributed by atoms with Gasteiger partial charge in [-0.05, 0) is 12.5 Å². The fourth-order valence-electron chi connectivity index (χ4n) is 3.22. The zero-order valence-corrected chi connectivity index (χ0v) is 20.9. The van der Waals surface area contributed by atoms with Crippen LogP contribution in [0.5, 0.6) is 0 Å². The van der Waals surface area contributed by atoms with Gasteiger partial charge in [0.1, 0.15) is 29.4 Å². The number of ether oxygens (including phenoxy) is 3. The van der Waals surface area contributed by atoms with E-state index >= 15 is 0 Å². The predicted molar refractivity (Wildman–Crippen MR) is 126 cm³/mol. The van der Waals surface area contributed by atoms with E-state index in [-0.39, 0.29) is 41.9 Å². The summed E-state index contributed by atoms with van der Waals surface area (Å²) in [7, 11) is 1.46. The van der Waals surface area contributed by atoms with Crippen molar-refractivity contribution in [1.82, 2.24) is 15.2 Å². The lowest BCUT2D eigenvalue weighted by Gasteiger charge is -2.49. The van der Waals surface area contributed by atoms with Gasteiger partial charge in [-0.2, -0.15) is 0 Å². The first-order chi connectivity index (χ1) is 16.8. The number of oxime groups is 1. The average molecular weight is 528 g/mol. The van der Waals surface area contributed by atoms with Crippen molar-refractivity contribution >= 4 is 57.7 Å². The van der Waals surface area contributed by atoms with Gasteiger partial charge in [0.15, 0.2) is 10.8 Å². The molecule has 1 aromatic rings. The molecular formula is C20H25N5O8S2. The summed E-state index contributed by atoms with van der Waals surface area (Å²) in [6, 6.07) is -0.930. The second-order valence-electron chi connectivity index (χ2n) is 7.09. The topological polar surface area (TPSA) is 172 Å². The summed E-state index contributed by atoms with van der Waals surface area (Å²) in [5, 5.41) is 7.69. The number of nitrogens with zero attached hydrogens (tertiary/aromatic N) is 3. The summed E-state index contributed by atoms with van der Waals surface area (Å²) in [5.74, 6) is -2.20. The SMILES string of the molecule is CCON=C(C(=O)NC1C(=O)N2C(C(=O)OCOC(=O)CC)=C(COC)CS[C@H]12)c1csc(N)n1. The Hall–Kier alpha value is -3.17. The van der Waals surface area contributed by atoms with Crippen LogP contribution >= 0.6 is 23.1 Å². The minimum absolute atomic E-state index is 0.00845. The molecule has 0 aromatic carbocycles. The third-order valence-electron chi connectivity index (χ3n) is 4.81. The summed E-state index contributed by atoms with van der Waals surface area (Å²) >= 11 is 2.48. The minimum atomic E-state index is -0.930. The van der Waals surface area contributed by atoms with Gasteiger partial charge >= 0.3 is 11.9 Å². The van der Waals surface area contributed by atoms with Gasteiger partial charge in [-0.25, -0.2) is 9.78 Å². The van der Waals surface area contributed by atoms with Gasteiger partial charge in [0.25, 0.3) is 11.8 Å². The molecule has 0 spiro atoms. The Morgan fingerprint density at radius 3 is 2.71 bits per heavy atom. The molecule has 2 aliphatic heterocycles. The molecule has 3 rings (SSSR count). The number of hydrogen-bond acceptors (Lipinski definition) is 13. The molecular weight excluding hydrogens is 502 g/mol. The number of aromatic nitrogens is 1. The molecule has 190 valence electrons. The lowest BCUT2D eigenvalue weighted by Crippen LogP contribution is -2.71. The van der Waals surface area contributed by atoms with Crippen LogP contribution in [0.2, 0.25) is 0 Å². The van der Waals surface area contributed by atoms with E-state index in [1.165, 1.54) is 23.8 Å². The van der Waals surface area contributed by atoms with E-state index in [1.807, 2.05) is 0 Å². The van der Waals surface area contributed by atoms with Crippen LogP contribution in [0.15, 0.2) is 21.8 Å². The second kappa shape index (κ2) is 12.0. The van der Waals surface area contributed by atoms with E-state index in [0.717, 1.165) is 11.3 Å². The Morgan fingerprint density at radius 2 is 2.09 bits per heavy atom. The second-order valence-corrected chi connectivity index (χ2v) is 9.09. The van der Waals surface area contributed by atoms with Crippen LogP contribution in [0.4, 0.5) is 5.13 Å². The molecule has 1 aromatic heterocycles. The molecule has 0 saturated carbocycles. The summed E-state index contributed by atoms with van der Waals surface area (Å²) in [6.45, 7) is 3.04. The lowest BCUT2D eigenvalue weighted by atomic mass is 10.0. The molecule has 3 N–H and O–H groups in total. The molecule has 2 aliphatic rings. The quantitative estimate of drug-likeness (QED) is 0.133. The number of rotatable bonds is 11. The molecule has 2 atom stereocenters. The molecule has 1 unspecified atom stereocenters. The van der Waals surface area contributed by atoms with E-state index < -0.39 is 42.0 Å². The number of amides is 2. The first-order valence-electron chi connectivity index (χ1n) is 10.5. The maximum Gasteiger partial charge on any atom is 0.358 e. The Bertz CT molecular complexity index is 1060. The highest BCUT2D eigenvalue weighted by Gasteiger charge is 2.54. The Morgan fingerprint density at radius 1 is 1.31 bits per heavy atom. The van der Waals surface area contributed by atoms with Gasteiger partial charge < -0.3 is 30.1 Å². The van der Waals surface area contributed by atoms with Crippen LogP contribution in [-0.4, -0.2) is 83.6 Å². The fraction of sp³-hybridized carbons (Fsp3) is 0.500. The number of nitrogens with one attached hydrogen (secondary N) is 1. The summed E-state index contributed by atoms with van der Waals surface area (Å²) in [5.41, 5.74) is 6.30. The number of esters is 2. The number of fused-ring (bicyclic) bond motifs is 1. The fourth-order valence-corrected chi connectivity index (χ4v) is 5.09. The normalized spacial score (nSPS) is 19.6. The van der Waals surface area contributed by atoms with Crippen LogP contribution in [0, 0.1) is 0 Å². The van der Waals surface area contributed by atoms with E-state index in [2.05, 4.69) is 15.5 Å². The van der Waals surface area contributed by atoms with Crippen molar-refractivity contribution in [3.8, 4) is 0 Å². The zero-order valence-electron chi connectivity index (χ0n) is 19.3. The van der Waals surface area contributed by atoms with Crippen LogP contribution in [0.25, 0.3) is 0 Å². The van der Waals surface area contributed by atoms with Crippen LogP contribution in [0.3, 0.4) is 0 Å². The molecule has 0 radical (unpaired) electrons. The van der Waals surface area contributed by atoms with Crippen LogP contribution in [-0.2, 0) is 38.2 Å². The third-order valence-corrected chi connectivity index (χ3v) is 6.82. The van der Waals surface area contributed by atoms with Crippen LogP contribution < -0.4 is 11.1 Å². The monoisotopic (exact) mass is 527 g/mol. The van der Waals surface area contributed by atoms with Crippen molar-refractivity contribution in [2.75, 3.05) is 38.6 Å². The van der Waals surface area contributed by atoms with Crippen molar-refractivity contribution in [2.45, 2.75) is 31.7 Å². The predicted octanol–water partition coefficient (Wildman–Crippen LogP) is 0.220.